The Hall–Kier alpha value is -3.10. The summed E-state index contributed by atoms with van der Waals surface area (Å²) in [6.07, 6.45) is 9.11. The fourth-order valence-electron chi connectivity index (χ4n) is 8.67. The van der Waals surface area contributed by atoms with Crippen LogP contribution >= 0.6 is 19.4 Å². The highest BCUT2D eigenvalue weighted by atomic mass is 35.5. The molecule has 50 heavy (non-hydrogen) atoms. The number of carbonyl (C=O) groups is 1. The molecule has 1 aromatic heterocycles. The highest BCUT2D eigenvalue weighted by Gasteiger charge is 2.54. The monoisotopic (exact) mass is 724 g/mol. The third-order valence-electron chi connectivity index (χ3n) is 11.1. The van der Waals surface area contributed by atoms with E-state index in [1.165, 1.54) is 11.1 Å². The average molecular weight is 725 g/mol. The van der Waals surface area contributed by atoms with Crippen molar-refractivity contribution in [1.29, 1.82) is 0 Å². The Morgan fingerprint density at radius 2 is 1.86 bits per heavy atom. The van der Waals surface area contributed by atoms with Crippen LogP contribution in [0.2, 0.25) is 5.02 Å². The van der Waals surface area contributed by atoms with Crippen LogP contribution in [0.5, 0.6) is 11.5 Å². The lowest BCUT2D eigenvalue weighted by atomic mass is 9.59. The van der Waals surface area contributed by atoms with Gasteiger partial charge >= 0.3 is 13.8 Å². The van der Waals surface area contributed by atoms with Crippen molar-refractivity contribution in [3.05, 3.63) is 82.1 Å². The highest BCUT2D eigenvalue weighted by molar-refractivity contribution is 7.48. The summed E-state index contributed by atoms with van der Waals surface area (Å²) in [5, 5.41) is 14.5. The van der Waals surface area contributed by atoms with Gasteiger partial charge in [0.1, 0.15) is 17.0 Å². The summed E-state index contributed by atoms with van der Waals surface area (Å²) in [6, 6.07) is 15.1. The minimum atomic E-state index is -3.80. The first-order valence-corrected chi connectivity index (χ1v) is 19.9. The van der Waals surface area contributed by atoms with Crippen molar-refractivity contribution < 1.29 is 32.8 Å². The van der Waals surface area contributed by atoms with Crippen molar-refractivity contribution in [1.82, 2.24) is 4.98 Å². The third-order valence-corrected chi connectivity index (χ3v) is 12.9. The molecule has 1 heterocycles. The number of rotatable bonds is 14. The van der Waals surface area contributed by atoms with Crippen molar-refractivity contribution in [2.45, 2.75) is 102 Å². The van der Waals surface area contributed by atoms with E-state index in [4.69, 9.17) is 29.9 Å². The molecule has 0 bridgehead atoms. The van der Waals surface area contributed by atoms with Gasteiger partial charge in [0.2, 0.25) is 0 Å². The number of hydrogen-bond donors (Lipinski definition) is 2. The largest absolute Gasteiger partial charge is 0.530 e. The fourth-order valence-corrected chi connectivity index (χ4v) is 10.0. The molecule has 2 aromatic carbocycles. The Balaban J connectivity index is 1.27. The number of nitrogens with one attached hydrogen (secondary N) is 1. The molecule has 3 atom stereocenters. The number of fused-ring (bicyclic) bond motifs is 3. The van der Waals surface area contributed by atoms with Crippen LogP contribution in [0, 0.1) is 11.8 Å². The number of phosphoric ester groups is 1. The number of aryl methyl sites for hydroxylation is 1. The van der Waals surface area contributed by atoms with Crippen molar-refractivity contribution in [3.63, 3.8) is 0 Å². The zero-order chi connectivity index (χ0) is 35.5. The summed E-state index contributed by atoms with van der Waals surface area (Å²) in [7, 11) is -3.80. The number of phosphoric acid groups is 1. The maximum atomic E-state index is 13.3. The molecule has 270 valence electrons. The average Bonchev–Trinajstić information content (AvgIpc) is 3.36. The van der Waals surface area contributed by atoms with Crippen LogP contribution in [0.3, 0.4) is 0 Å². The van der Waals surface area contributed by atoms with E-state index >= 15 is 0 Å². The predicted octanol–water partition coefficient (Wildman–Crippen LogP) is 9.76. The number of aliphatic carboxylic acids is 1. The molecule has 1 fully saturated rings. The Morgan fingerprint density at radius 3 is 2.56 bits per heavy atom. The van der Waals surface area contributed by atoms with Gasteiger partial charge in [-0.3, -0.25) is 14.0 Å². The molecule has 0 saturated heterocycles. The number of aromatic nitrogens is 1. The quantitative estimate of drug-likeness (QED) is 0.157. The normalized spacial score (nSPS) is 25.1. The second-order valence-corrected chi connectivity index (χ2v) is 16.4. The number of nitrogens with zero attached hydrogens (tertiary/aromatic N) is 1. The number of benzene rings is 2. The van der Waals surface area contributed by atoms with Crippen molar-refractivity contribution in [2.24, 2.45) is 11.8 Å². The van der Waals surface area contributed by atoms with Crippen LogP contribution in [0.4, 0.5) is 5.69 Å². The van der Waals surface area contributed by atoms with Crippen LogP contribution < -0.4 is 14.6 Å². The van der Waals surface area contributed by atoms with Gasteiger partial charge in [-0.05, 0) is 142 Å². The summed E-state index contributed by atoms with van der Waals surface area (Å²) in [5.41, 5.74) is 4.00. The van der Waals surface area contributed by atoms with Crippen LogP contribution in [0.15, 0.2) is 54.7 Å². The van der Waals surface area contributed by atoms with E-state index in [9.17, 15) is 14.5 Å². The molecule has 0 unspecified atom stereocenters. The van der Waals surface area contributed by atoms with Crippen LogP contribution in [-0.4, -0.2) is 41.4 Å². The van der Waals surface area contributed by atoms with E-state index in [1.807, 2.05) is 36.5 Å². The van der Waals surface area contributed by atoms with Gasteiger partial charge in [-0.2, -0.15) is 0 Å². The molecule has 9 nitrogen and oxygen atoms in total. The zero-order valence-electron chi connectivity index (χ0n) is 29.6. The number of carboxylic acid groups (broad SMARTS) is 1. The summed E-state index contributed by atoms with van der Waals surface area (Å²) < 4.78 is 36.7. The highest BCUT2D eigenvalue weighted by Crippen LogP contribution is 2.58. The summed E-state index contributed by atoms with van der Waals surface area (Å²) >= 11 is 6.27. The molecule has 1 spiro atoms. The van der Waals surface area contributed by atoms with Gasteiger partial charge in [0.15, 0.2) is 0 Å². The maximum absolute atomic E-state index is 13.3. The fraction of sp³-hybridized carbons (Fsp3) is 0.538. The summed E-state index contributed by atoms with van der Waals surface area (Å²) in [6.45, 7) is 8.96. The van der Waals surface area contributed by atoms with Gasteiger partial charge in [0.25, 0.3) is 0 Å². The second kappa shape index (κ2) is 15.2. The SMILES string of the molecule is CCOP(=O)(OCC)Oc1ccc2c(c1)C1(CCC(Nc3cccc(Cl)c3)(C(=O)O)CC1)[C@@H](C[C@@H](C)COc1ccnc3c1[C@H](C)CCC3)C2. The van der Waals surface area contributed by atoms with Gasteiger partial charge in [-0.1, -0.05) is 37.6 Å². The van der Waals surface area contributed by atoms with Gasteiger partial charge in [-0.15, -0.1) is 0 Å². The molecule has 1 saturated carbocycles. The van der Waals surface area contributed by atoms with Crippen molar-refractivity contribution >= 4 is 31.1 Å². The van der Waals surface area contributed by atoms with Gasteiger partial charge in [0.05, 0.1) is 19.8 Å². The van der Waals surface area contributed by atoms with E-state index in [1.54, 1.807) is 26.0 Å². The van der Waals surface area contributed by atoms with E-state index < -0.39 is 19.3 Å². The zero-order valence-corrected chi connectivity index (χ0v) is 31.2. The molecule has 6 rings (SSSR count). The molecule has 2 N–H and O–H groups in total. The standard InChI is InChI=1S/C39H50ClN2O7P/c1-5-47-50(45,48-6-2)49-32-14-13-28-22-29(21-26(3)25-46-35-15-20-41-34-12-7-9-27(4)36(34)35)38(33(28)24-32)16-18-39(19-17-38,37(43)44)42-31-11-8-10-30(40)23-31/h8,10-11,13-15,20,23-24,26-27,29,42H,5-7,9,12,16-19,21-22,25H2,1-4H3,(H,43,44)/t26-,27-,29+,38?,39?/m1/s1. The Morgan fingerprint density at radius 1 is 1.10 bits per heavy atom. The molecular weight excluding hydrogens is 675 g/mol. The third kappa shape index (κ3) is 7.57. The summed E-state index contributed by atoms with van der Waals surface area (Å²) in [5.74, 6) is 1.43. The Bertz CT molecular complexity index is 1720. The van der Waals surface area contributed by atoms with E-state index in [0.29, 0.717) is 54.7 Å². The van der Waals surface area contributed by atoms with Crippen LogP contribution in [0.25, 0.3) is 0 Å². The molecule has 3 aliphatic rings. The lowest BCUT2D eigenvalue weighted by Crippen LogP contribution is -2.53. The second-order valence-electron chi connectivity index (χ2n) is 14.4. The number of pyridine rings is 1. The minimum Gasteiger partial charge on any atom is -0.493 e. The Labute approximate surface area is 301 Å². The number of anilines is 1. The molecule has 0 aliphatic heterocycles. The lowest BCUT2D eigenvalue weighted by molar-refractivity contribution is -0.144. The van der Waals surface area contributed by atoms with E-state index in [-0.39, 0.29) is 30.5 Å². The van der Waals surface area contributed by atoms with Crippen LogP contribution in [-0.2, 0) is 36.7 Å². The van der Waals surface area contributed by atoms with Crippen LogP contribution in [0.1, 0.15) is 101 Å². The first kappa shape index (κ1) is 36.7. The molecular formula is C39H50ClN2O7P. The molecule has 11 heteroatoms. The van der Waals surface area contributed by atoms with Gasteiger partial charge in [0, 0.05) is 28.2 Å². The Kier molecular flexibility index (Phi) is 11.2. The van der Waals surface area contributed by atoms with Crippen molar-refractivity contribution in [3.8, 4) is 11.5 Å². The first-order valence-electron chi connectivity index (χ1n) is 18.1. The molecule has 0 radical (unpaired) electrons. The molecule has 3 aromatic rings. The number of halogens is 1. The van der Waals surface area contributed by atoms with E-state index in [2.05, 4.69) is 30.2 Å². The maximum Gasteiger partial charge on any atom is 0.530 e. The predicted molar refractivity (Wildman–Crippen MR) is 196 cm³/mol. The topological polar surface area (TPSA) is 116 Å². The van der Waals surface area contributed by atoms with E-state index in [0.717, 1.165) is 49.1 Å². The molecule has 3 aliphatic carbocycles. The first-order chi connectivity index (χ1) is 24.0. The smallest absolute Gasteiger partial charge is 0.493 e. The number of ether oxygens (including phenoxy) is 1. The van der Waals surface area contributed by atoms with Crippen molar-refractivity contribution in [2.75, 3.05) is 25.1 Å². The lowest BCUT2D eigenvalue weighted by Gasteiger charge is -2.47. The van der Waals surface area contributed by atoms with Gasteiger partial charge in [-0.25, -0.2) is 9.36 Å². The number of hydrogen-bond acceptors (Lipinski definition) is 8. The number of carboxylic acids is 1. The van der Waals surface area contributed by atoms with Gasteiger partial charge < -0.3 is 19.7 Å². The molecule has 0 amide bonds. The minimum absolute atomic E-state index is 0.187. The summed E-state index contributed by atoms with van der Waals surface area (Å²) in [4.78, 5) is 17.6.